The van der Waals surface area contributed by atoms with Crippen LogP contribution in [-0.4, -0.2) is 39.0 Å². The van der Waals surface area contributed by atoms with Crippen molar-refractivity contribution in [1.82, 2.24) is 4.58 Å². The second-order valence-electron chi connectivity index (χ2n) is 9.28. The van der Waals surface area contributed by atoms with E-state index in [2.05, 4.69) is 27.2 Å². The lowest BCUT2D eigenvalue weighted by molar-refractivity contribution is 0.437. The molecule has 3 heterocycles. The van der Waals surface area contributed by atoms with Crippen molar-refractivity contribution in [3.8, 4) is 11.5 Å². The second kappa shape index (κ2) is 8.75. The largest absolute Gasteiger partial charge is 0.455 e. The Morgan fingerprint density at radius 2 is 1.65 bits per heavy atom. The van der Waals surface area contributed by atoms with Gasteiger partial charge in [-0.2, -0.15) is 16.8 Å². The number of ether oxygens (including phenoxy) is 1. The van der Waals surface area contributed by atoms with Gasteiger partial charge in [0.05, 0.1) is 15.5 Å². The first kappa shape index (κ1) is 25.3. The van der Waals surface area contributed by atoms with E-state index in [4.69, 9.17) is 16.3 Å². The molecule has 0 bridgehead atoms. The summed E-state index contributed by atoms with van der Waals surface area (Å²) in [4.78, 5) is -1.28. The van der Waals surface area contributed by atoms with Gasteiger partial charge in [-0.3, -0.25) is 9.11 Å². The topological polar surface area (TPSA) is 121 Å². The summed E-state index contributed by atoms with van der Waals surface area (Å²) in [5.41, 5.74) is 3.22. The van der Waals surface area contributed by atoms with Gasteiger partial charge in [-0.1, -0.05) is 17.7 Å². The number of aryl methyl sites for hydroxylation is 1. The Kier molecular flexibility index (Phi) is 5.97. The van der Waals surface area contributed by atoms with Gasteiger partial charge in [0.25, 0.3) is 20.2 Å². The molecule has 3 aliphatic heterocycles. The zero-order chi connectivity index (χ0) is 26.3. The summed E-state index contributed by atoms with van der Waals surface area (Å²) in [5, 5.41) is 2.24. The van der Waals surface area contributed by atoms with Crippen LogP contribution in [0.25, 0.3) is 5.57 Å². The number of fused-ring (bicyclic) bond motifs is 3. The maximum Gasteiger partial charge on any atom is 0.295 e. The number of hydrogen-bond donors (Lipinski definition) is 2. The number of rotatable bonds is 3. The van der Waals surface area contributed by atoms with E-state index in [0.717, 1.165) is 65.6 Å². The van der Waals surface area contributed by atoms with E-state index in [1.165, 1.54) is 11.4 Å². The third kappa shape index (κ3) is 4.20. The molecule has 0 amide bonds. The average Bonchev–Trinajstić information content (AvgIpc) is 2.83. The normalized spacial score (nSPS) is 16.5. The third-order valence-corrected chi connectivity index (χ3v) is 10.3. The van der Waals surface area contributed by atoms with Crippen molar-refractivity contribution in [2.45, 2.75) is 35.5 Å². The third-order valence-electron chi connectivity index (χ3n) is 7.04. The minimum Gasteiger partial charge on any atom is -0.455 e. The van der Waals surface area contributed by atoms with E-state index in [1.54, 1.807) is 12.1 Å². The van der Waals surface area contributed by atoms with E-state index >= 15 is 0 Å². The van der Waals surface area contributed by atoms with E-state index in [1.807, 2.05) is 6.07 Å². The zero-order valence-corrected chi connectivity index (χ0v) is 23.7. The van der Waals surface area contributed by atoms with E-state index in [0.29, 0.717) is 32.9 Å². The Morgan fingerprint density at radius 1 is 0.919 bits per heavy atom. The van der Waals surface area contributed by atoms with Crippen LogP contribution in [0.15, 0.2) is 46.2 Å². The molecule has 0 radical (unpaired) electrons. The molecule has 3 aromatic rings. The molecule has 0 saturated carbocycles. The zero-order valence-electron chi connectivity index (χ0n) is 19.2. The van der Waals surface area contributed by atoms with Crippen LogP contribution in [-0.2, 0) is 33.1 Å². The summed E-state index contributed by atoms with van der Waals surface area (Å²) >= 11 is 8.57. The first-order chi connectivity index (χ1) is 17.4. The Hall–Kier alpha value is -2.03. The lowest BCUT2D eigenvalue weighted by atomic mass is 9.87. The molecule has 0 unspecified atom stereocenters. The molecular weight excluding hydrogens is 653 g/mol. The Labute approximate surface area is 231 Å². The SMILES string of the molecule is O=S(=O)(O)c1ccc(C2=c3cc4c5c(c3Oc3cc(I)c(Cl)cc32)CCC[N+]=5CCC4)c(S(=O)(=O)O)c1. The molecule has 12 heteroatoms. The highest BCUT2D eigenvalue weighted by Gasteiger charge is 2.33. The van der Waals surface area contributed by atoms with Gasteiger partial charge < -0.3 is 4.74 Å². The van der Waals surface area contributed by atoms with Gasteiger partial charge in [-0.05, 0) is 65.8 Å². The van der Waals surface area contributed by atoms with Gasteiger partial charge in [0, 0.05) is 43.9 Å². The lowest BCUT2D eigenvalue weighted by Gasteiger charge is -2.27. The molecule has 6 rings (SSSR count). The predicted molar refractivity (Wildman–Crippen MR) is 145 cm³/mol. The molecular formula is C25H20ClINO7S2+. The molecule has 2 N–H and O–H groups in total. The number of hydrogen-bond acceptors (Lipinski definition) is 5. The van der Waals surface area contributed by atoms with Gasteiger partial charge in [0.15, 0.2) is 0 Å². The molecule has 0 spiro atoms. The van der Waals surface area contributed by atoms with Gasteiger partial charge >= 0.3 is 0 Å². The van der Waals surface area contributed by atoms with E-state index in [-0.39, 0.29) is 5.56 Å². The number of nitrogens with zero attached hydrogens (tertiary/aromatic N) is 1. The number of benzene rings is 3. The summed E-state index contributed by atoms with van der Waals surface area (Å²) in [7, 11) is -9.62. The molecule has 3 aliphatic rings. The summed E-state index contributed by atoms with van der Waals surface area (Å²) in [6, 6.07) is 8.61. The quantitative estimate of drug-likeness (QED) is 0.195. The molecule has 0 atom stereocenters. The van der Waals surface area contributed by atoms with Gasteiger partial charge in [0.2, 0.25) is 5.36 Å². The fourth-order valence-electron chi connectivity index (χ4n) is 5.57. The van der Waals surface area contributed by atoms with Crippen LogP contribution < -0.4 is 19.9 Å². The molecule has 37 heavy (non-hydrogen) atoms. The summed E-state index contributed by atoms with van der Waals surface area (Å²) < 4.78 is 77.9. The average molecular weight is 673 g/mol. The van der Waals surface area contributed by atoms with Crippen LogP contribution in [0.1, 0.15) is 35.1 Å². The van der Waals surface area contributed by atoms with Crippen LogP contribution in [0.3, 0.4) is 0 Å². The molecule has 0 saturated heterocycles. The van der Waals surface area contributed by atoms with Crippen molar-refractivity contribution in [1.29, 1.82) is 0 Å². The fourth-order valence-corrected chi connectivity index (χ4v) is 7.48. The fraction of sp³-hybridized carbons (Fsp3) is 0.240. The summed E-state index contributed by atoms with van der Waals surface area (Å²) in [6.45, 7) is 1.92. The molecule has 192 valence electrons. The minimum atomic E-state index is -4.90. The van der Waals surface area contributed by atoms with Gasteiger partial charge in [0.1, 0.15) is 29.5 Å². The summed E-state index contributed by atoms with van der Waals surface area (Å²) in [6.07, 6.45) is 3.59. The molecule has 0 fully saturated rings. The van der Waals surface area contributed by atoms with E-state index in [9.17, 15) is 25.9 Å². The minimum absolute atomic E-state index is 0.0774. The molecule has 8 nitrogen and oxygen atoms in total. The van der Waals surface area contributed by atoms with Crippen LogP contribution in [0.4, 0.5) is 0 Å². The molecule has 0 aromatic heterocycles. The van der Waals surface area contributed by atoms with Crippen molar-refractivity contribution in [2.75, 3.05) is 13.1 Å². The van der Waals surface area contributed by atoms with Gasteiger partial charge in [-0.25, -0.2) is 4.58 Å². The van der Waals surface area contributed by atoms with Crippen LogP contribution >= 0.6 is 34.2 Å². The van der Waals surface area contributed by atoms with Crippen LogP contribution in [0.5, 0.6) is 11.5 Å². The smallest absolute Gasteiger partial charge is 0.295 e. The summed E-state index contributed by atoms with van der Waals surface area (Å²) in [5.74, 6) is 1.09. The van der Waals surface area contributed by atoms with Crippen molar-refractivity contribution in [2.24, 2.45) is 0 Å². The lowest BCUT2D eigenvalue weighted by Crippen LogP contribution is -2.45. The molecule has 3 aromatic carbocycles. The second-order valence-corrected chi connectivity index (χ2v) is 13.7. The highest BCUT2D eigenvalue weighted by Crippen LogP contribution is 2.42. The van der Waals surface area contributed by atoms with Gasteiger partial charge in [-0.15, -0.1) is 0 Å². The standard InChI is InChI=1S/C25H19ClINO7S2/c26-19-11-17-21(12-20(19)27)35-25-16-4-2-8-28-7-1-3-13(24(16)28)9-18(25)23(17)15-6-5-14(36(29,30)31)10-22(15)37(32,33)34/h5-6,9-12H,1-4,7-8H2,(H-,29,30,31,32,33,34)/p+1. The highest BCUT2D eigenvalue weighted by molar-refractivity contribution is 14.1. The van der Waals surface area contributed by atoms with Crippen molar-refractivity contribution < 1.29 is 30.7 Å². The van der Waals surface area contributed by atoms with E-state index < -0.39 is 30.0 Å². The Balaban J connectivity index is 1.82. The van der Waals surface area contributed by atoms with Crippen LogP contribution in [0.2, 0.25) is 5.02 Å². The predicted octanol–water partition coefficient (Wildman–Crippen LogP) is 3.17. The monoisotopic (exact) mass is 672 g/mol. The maximum absolute atomic E-state index is 12.5. The Morgan fingerprint density at radius 3 is 2.35 bits per heavy atom. The first-order valence-electron chi connectivity index (χ1n) is 11.5. The molecule has 0 aliphatic carbocycles. The first-order valence-corrected chi connectivity index (χ1v) is 15.8. The van der Waals surface area contributed by atoms with Crippen molar-refractivity contribution in [3.63, 3.8) is 0 Å². The van der Waals surface area contributed by atoms with Crippen molar-refractivity contribution in [3.05, 3.63) is 77.8 Å². The Bertz CT molecular complexity index is 1880. The van der Waals surface area contributed by atoms with Crippen LogP contribution in [0, 0.1) is 3.57 Å². The maximum atomic E-state index is 12.5. The number of halogens is 2. The highest BCUT2D eigenvalue weighted by atomic mass is 127. The van der Waals surface area contributed by atoms with Crippen molar-refractivity contribution >= 4 is 60.0 Å².